The fraction of sp³-hybridized carbons (Fsp3) is 0.632. The van der Waals surface area contributed by atoms with Crippen molar-refractivity contribution in [2.75, 3.05) is 45.2 Å². The molecule has 2 fully saturated rings. The van der Waals surface area contributed by atoms with Crippen molar-refractivity contribution in [3.8, 4) is 0 Å². The number of likely N-dealkylation sites (N-methyl/N-ethyl adjacent to an activating group) is 1. The van der Waals surface area contributed by atoms with Gasteiger partial charge in [0, 0.05) is 43.5 Å². The van der Waals surface area contributed by atoms with Gasteiger partial charge >= 0.3 is 0 Å². The van der Waals surface area contributed by atoms with E-state index in [1.54, 1.807) is 0 Å². The molecule has 1 unspecified atom stereocenters. The first-order valence-electron chi connectivity index (χ1n) is 9.03. The van der Waals surface area contributed by atoms with Crippen LogP contribution in [0, 0.1) is 0 Å². The molecule has 1 atom stereocenters. The first-order chi connectivity index (χ1) is 11.5. The number of aliphatic hydroxyl groups excluding tert-OH is 1. The second-order valence-electron chi connectivity index (χ2n) is 7.28. The standard InChI is InChI=1S/C19H29N3O2/c1-20(2)17-4-3-11-22(14-17)19(24)15-5-7-16(8-6-15)21-12-9-18(23)10-13-21/h5-8,17-18,23H,3-4,9-14H2,1-2H3. The summed E-state index contributed by atoms with van der Waals surface area (Å²) in [5, 5.41) is 9.62. The first kappa shape index (κ1) is 17.2. The van der Waals surface area contributed by atoms with Gasteiger partial charge in [-0.15, -0.1) is 0 Å². The third-order valence-electron chi connectivity index (χ3n) is 5.36. The number of piperidine rings is 2. The van der Waals surface area contributed by atoms with E-state index in [9.17, 15) is 9.90 Å². The number of anilines is 1. The van der Waals surface area contributed by atoms with Crippen LogP contribution in [0.4, 0.5) is 5.69 Å². The minimum absolute atomic E-state index is 0.141. The summed E-state index contributed by atoms with van der Waals surface area (Å²) in [6, 6.07) is 8.43. The largest absolute Gasteiger partial charge is 0.393 e. The van der Waals surface area contributed by atoms with Crippen molar-refractivity contribution in [1.82, 2.24) is 9.80 Å². The van der Waals surface area contributed by atoms with Crippen molar-refractivity contribution < 1.29 is 9.90 Å². The normalized spacial score (nSPS) is 22.9. The van der Waals surface area contributed by atoms with Crippen molar-refractivity contribution >= 4 is 11.6 Å². The predicted molar refractivity (Wildman–Crippen MR) is 96.5 cm³/mol. The molecule has 5 nitrogen and oxygen atoms in total. The van der Waals surface area contributed by atoms with Crippen molar-refractivity contribution in [3.63, 3.8) is 0 Å². The molecule has 2 aliphatic rings. The fourth-order valence-corrected chi connectivity index (χ4v) is 3.68. The molecule has 0 spiro atoms. The maximum absolute atomic E-state index is 12.8. The van der Waals surface area contributed by atoms with Crippen LogP contribution in [0.3, 0.4) is 0 Å². The highest BCUT2D eigenvalue weighted by atomic mass is 16.3. The number of amides is 1. The lowest BCUT2D eigenvalue weighted by Gasteiger charge is -2.36. The number of benzene rings is 1. The molecule has 0 saturated carbocycles. The Bertz CT molecular complexity index is 550. The monoisotopic (exact) mass is 331 g/mol. The van der Waals surface area contributed by atoms with Crippen LogP contribution < -0.4 is 4.90 Å². The average molecular weight is 331 g/mol. The lowest BCUT2D eigenvalue weighted by molar-refractivity contribution is 0.0635. The van der Waals surface area contributed by atoms with Gasteiger partial charge in [0.25, 0.3) is 5.91 Å². The second kappa shape index (κ2) is 7.53. The first-order valence-corrected chi connectivity index (χ1v) is 9.03. The molecule has 0 aromatic heterocycles. The molecule has 3 rings (SSSR count). The van der Waals surface area contributed by atoms with Crippen LogP contribution in [0.15, 0.2) is 24.3 Å². The highest BCUT2D eigenvalue weighted by Gasteiger charge is 2.25. The Morgan fingerprint density at radius 1 is 1.08 bits per heavy atom. The molecular weight excluding hydrogens is 302 g/mol. The summed E-state index contributed by atoms with van der Waals surface area (Å²) in [6.07, 6.45) is 3.71. The predicted octanol–water partition coefficient (Wildman–Crippen LogP) is 1.81. The number of nitrogens with zero attached hydrogens (tertiary/aromatic N) is 3. The zero-order valence-corrected chi connectivity index (χ0v) is 14.8. The summed E-state index contributed by atoms with van der Waals surface area (Å²) in [6.45, 7) is 3.43. The van der Waals surface area contributed by atoms with Gasteiger partial charge in [-0.3, -0.25) is 4.79 Å². The Morgan fingerprint density at radius 2 is 1.75 bits per heavy atom. The van der Waals surface area contributed by atoms with Gasteiger partial charge in [0.15, 0.2) is 0 Å². The van der Waals surface area contributed by atoms with Crippen LogP contribution in [0.5, 0.6) is 0 Å². The summed E-state index contributed by atoms with van der Waals surface area (Å²) < 4.78 is 0. The number of rotatable bonds is 3. The van der Waals surface area contributed by atoms with Gasteiger partial charge in [-0.2, -0.15) is 0 Å². The van der Waals surface area contributed by atoms with Crippen LogP contribution in [0.1, 0.15) is 36.0 Å². The van der Waals surface area contributed by atoms with E-state index in [1.165, 1.54) is 0 Å². The topological polar surface area (TPSA) is 47.0 Å². The van der Waals surface area contributed by atoms with Crippen molar-refractivity contribution in [2.45, 2.75) is 37.8 Å². The smallest absolute Gasteiger partial charge is 0.253 e. The van der Waals surface area contributed by atoms with Crippen LogP contribution >= 0.6 is 0 Å². The highest BCUT2D eigenvalue weighted by Crippen LogP contribution is 2.22. The van der Waals surface area contributed by atoms with Gasteiger partial charge in [0.05, 0.1) is 6.10 Å². The molecule has 2 heterocycles. The zero-order chi connectivity index (χ0) is 17.1. The maximum Gasteiger partial charge on any atom is 0.253 e. The molecule has 2 saturated heterocycles. The second-order valence-corrected chi connectivity index (χ2v) is 7.28. The number of aliphatic hydroxyl groups is 1. The van der Waals surface area contributed by atoms with Crippen LogP contribution in [-0.2, 0) is 0 Å². The Hall–Kier alpha value is -1.59. The zero-order valence-electron chi connectivity index (χ0n) is 14.8. The molecule has 0 radical (unpaired) electrons. The molecule has 0 bridgehead atoms. The number of hydrogen-bond donors (Lipinski definition) is 1. The van der Waals surface area contributed by atoms with Crippen molar-refractivity contribution in [2.24, 2.45) is 0 Å². The number of carbonyl (C=O) groups excluding carboxylic acids is 1. The Balaban J connectivity index is 1.63. The highest BCUT2D eigenvalue weighted by molar-refractivity contribution is 5.94. The maximum atomic E-state index is 12.8. The number of hydrogen-bond acceptors (Lipinski definition) is 4. The van der Waals surface area contributed by atoms with Gasteiger partial charge in [-0.1, -0.05) is 0 Å². The van der Waals surface area contributed by atoms with Crippen molar-refractivity contribution in [3.05, 3.63) is 29.8 Å². The lowest BCUT2D eigenvalue weighted by Crippen LogP contribution is -2.47. The van der Waals surface area contributed by atoms with E-state index in [-0.39, 0.29) is 12.0 Å². The number of carbonyl (C=O) groups is 1. The molecule has 0 aliphatic carbocycles. The minimum atomic E-state index is -0.161. The molecule has 1 aromatic carbocycles. The SMILES string of the molecule is CN(C)C1CCCN(C(=O)c2ccc(N3CCC(O)CC3)cc2)C1. The Kier molecular flexibility index (Phi) is 5.41. The third-order valence-corrected chi connectivity index (χ3v) is 5.36. The molecule has 132 valence electrons. The van der Waals surface area contributed by atoms with Gasteiger partial charge in [0.2, 0.25) is 0 Å². The lowest BCUT2D eigenvalue weighted by atomic mass is 10.0. The molecule has 2 aliphatic heterocycles. The average Bonchev–Trinajstić information content (AvgIpc) is 2.62. The molecule has 1 amide bonds. The Morgan fingerprint density at radius 3 is 2.38 bits per heavy atom. The van der Waals surface area contributed by atoms with Crippen LogP contribution in [0.2, 0.25) is 0 Å². The molecule has 24 heavy (non-hydrogen) atoms. The summed E-state index contributed by atoms with van der Waals surface area (Å²) in [4.78, 5) is 19.2. The van der Waals surface area contributed by atoms with E-state index in [1.807, 2.05) is 29.2 Å². The quantitative estimate of drug-likeness (QED) is 0.918. The van der Waals surface area contributed by atoms with Gasteiger partial charge in [-0.05, 0) is 64.0 Å². The van der Waals surface area contributed by atoms with Gasteiger partial charge in [-0.25, -0.2) is 0 Å². The van der Waals surface area contributed by atoms with Crippen molar-refractivity contribution in [1.29, 1.82) is 0 Å². The molecule has 5 heteroatoms. The summed E-state index contributed by atoms with van der Waals surface area (Å²) in [5.74, 6) is 0.141. The van der Waals surface area contributed by atoms with Crippen LogP contribution in [-0.4, -0.2) is 73.2 Å². The fourth-order valence-electron chi connectivity index (χ4n) is 3.68. The minimum Gasteiger partial charge on any atom is -0.393 e. The van der Waals surface area contributed by atoms with E-state index in [0.717, 1.165) is 63.1 Å². The van der Waals surface area contributed by atoms with Crippen LogP contribution in [0.25, 0.3) is 0 Å². The molecule has 1 N–H and O–H groups in total. The summed E-state index contributed by atoms with van der Waals surface area (Å²) in [7, 11) is 4.17. The molecule has 1 aromatic rings. The van der Waals surface area contributed by atoms with Gasteiger partial charge < -0.3 is 19.8 Å². The summed E-state index contributed by atoms with van der Waals surface area (Å²) in [5.41, 5.74) is 1.92. The number of likely N-dealkylation sites (tertiary alicyclic amines) is 1. The Labute approximate surface area is 144 Å². The van der Waals surface area contributed by atoms with E-state index < -0.39 is 0 Å². The molecular formula is C19H29N3O2. The van der Waals surface area contributed by atoms with Gasteiger partial charge in [0.1, 0.15) is 0 Å². The van der Waals surface area contributed by atoms with E-state index in [4.69, 9.17) is 0 Å². The summed E-state index contributed by atoms with van der Waals surface area (Å²) >= 11 is 0. The van der Waals surface area contributed by atoms with E-state index in [0.29, 0.717) is 6.04 Å². The third kappa shape index (κ3) is 3.90. The van der Waals surface area contributed by atoms with E-state index in [2.05, 4.69) is 23.9 Å². The van der Waals surface area contributed by atoms with E-state index >= 15 is 0 Å².